The van der Waals surface area contributed by atoms with E-state index < -0.39 is 15.8 Å². The molecule has 0 unspecified atom stereocenters. The van der Waals surface area contributed by atoms with Crippen molar-refractivity contribution in [2.75, 3.05) is 19.6 Å². The lowest BCUT2D eigenvalue weighted by atomic mass is 10.2. The van der Waals surface area contributed by atoms with Crippen LogP contribution in [0.1, 0.15) is 12.0 Å². The standard InChI is InChI=1S/C12H15FN2O3S/c1-9-7-10(3-4-11(9)13)19(17,18)15-6-2-5-14-12(16)8-15/h3-4,7H,2,5-6,8H2,1H3,(H,14,16). The van der Waals surface area contributed by atoms with Crippen molar-refractivity contribution in [2.45, 2.75) is 18.2 Å². The van der Waals surface area contributed by atoms with Crippen molar-refractivity contribution in [3.63, 3.8) is 0 Å². The van der Waals surface area contributed by atoms with E-state index in [-0.39, 0.29) is 29.5 Å². The number of hydrogen-bond donors (Lipinski definition) is 1. The van der Waals surface area contributed by atoms with Gasteiger partial charge in [-0.05, 0) is 37.1 Å². The van der Waals surface area contributed by atoms with E-state index in [1.807, 2.05) is 0 Å². The molecular formula is C12H15FN2O3S. The Morgan fingerprint density at radius 3 is 2.79 bits per heavy atom. The van der Waals surface area contributed by atoms with Gasteiger partial charge in [-0.25, -0.2) is 12.8 Å². The topological polar surface area (TPSA) is 66.5 Å². The molecule has 1 saturated heterocycles. The first-order valence-electron chi connectivity index (χ1n) is 5.94. The number of carbonyl (C=O) groups is 1. The molecule has 1 aromatic rings. The van der Waals surface area contributed by atoms with Crippen LogP contribution in [0, 0.1) is 12.7 Å². The third-order valence-electron chi connectivity index (χ3n) is 2.99. The van der Waals surface area contributed by atoms with E-state index in [0.29, 0.717) is 13.0 Å². The van der Waals surface area contributed by atoms with Crippen LogP contribution in [-0.4, -0.2) is 38.3 Å². The summed E-state index contributed by atoms with van der Waals surface area (Å²) in [5.41, 5.74) is 0.264. The predicted molar refractivity (Wildman–Crippen MR) is 67.5 cm³/mol. The molecule has 1 aliphatic rings. The van der Waals surface area contributed by atoms with Gasteiger partial charge in [-0.2, -0.15) is 4.31 Å². The molecule has 1 aliphatic heterocycles. The van der Waals surface area contributed by atoms with Gasteiger partial charge in [0.15, 0.2) is 0 Å². The van der Waals surface area contributed by atoms with Crippen LogP contribution >= 0.6 is 0 Å². The Hall–Kier alpha value is -1.47. The first-order chi connectivity index (χ1) is 8.91. The van der Waals surface area contributed by atoms with E-state index in [4.69, 9.17) is 0 Å². The van der Waals surface area contributed by atoms with Crippen LogP contribution in [0.5, 0.6) is 0 Å². The number of carbonyl (C=O) groups excluding carboxylic acids is 1. The Kier molecular flexibility index (Phi) is 3.86. The SMILES string of the molecule is Cc1cc(S(=O)(=O)N2CCCNC(=O)C2)ccc1F. The Morgan fingerprint density at radius 2 is 2.11 bits per heavy atom. The van der Waals surface area contributed by atoms with E-state index in [1.165, 1.54) is 19.1 Å². The summed E-state index contributed by atoms with van der Waals surface area (Å²) in [5, 5.41) is 2.61. The molecular weight excluding hydrogens is 271 g/mol. The average Bonchev–Trinajstić information content (AvgIpc) is 2.57. The van der Waals surface area contributed by atoms with Gasteiger partial charge in [-0.15, -0.1) is 0 Å². The summed E-state index contributed by atoms with van der Waals surface area (Å²) in [6.45, 7) is 2.05. The molecule has 0 radical (unpaired) electrons. The molecule has 5 nitrogen and oxygen atoms in total. The largest absolute Gasteiger partial charge is 0.355 e. The van der Waals surface area contributed by atoms with Crippen LogP contribution in [0.4, 0.5) is 4.39 Å². The molecule has 104 valence electrons. The van der Waals surface area contributed by atoms with Crippen molar-refractivity contribution >= 4 is 15.9 Å². The van der Waals surface area contributed by atoms with Crippen LogP contribution in [0.25, 0.3) is 0 Å². The minimum Gasteiger partial charge on any atom is -0.355 e. The summed E-state index contributed by atoms with van der Waals surface area (Å²) in [6.07, 6.45) is 0.561. The van der Waals surface area contributed by atoms with Crippen molar-refractivity contribution in [1.29, 1.82) is 0 Å². The van der Waals surface area contributed by atoms with Gasteiger partial charge in [0.2, 0.25) is 15.9 Å². The lowest BCUT2D eigenvalue weighted by Crippen LogP contribution is -2.37. The number of nitrogens with one attached hydrogen (secondary N) is 1. The fourth-order valence-electron chi connectivity index (χ4n) is 1.91. The summed E-state index contributed by atoms with van der Waals surface area (Å²) in [7, 11) is -3.75. The third kappa shape index (κ3) is 2.93. The second kappa shape index (κ2) is 5.26. The summed E-state index contributed by atoms with van der Waals surface area (Å²) >= 11 is 0. The fourth-order valence-corrected chi connectivity index (χ4v) is 3.43. The van der Waals surface area contributed by atoms with E-state index in [9.17, 15) is 17.6 Å². The van der Waals surface area contributed by atoms with Crippen LogP contribution in [0.2, 0.25) is 0 Å². The Morgan fingerprint density at radius 1 is 1.37 bits per heavy atom. The highest BCUT2D eigenvalue weighted by molar-refractivity contribution is 7.89. The van der Waals surface area contributed by atoms with Crippen molar-refractivity contribution in [1.82, 2.24) is 9.62 Å². The fraction of sp³-hybridized carbons (Fsp3) is 0.417. The van der Waals surface area contributed by atoms with Gasteiger partial charge in [-0.1, -0.05) is 0 Å². The highest BCUT2D eigenvalue weighted by Crippen LogP contribution is 2.19. The quantitative estimate of drug-likeness (QED) is 0.868. The van der Waals surface area contributed by atoms with Crippen molar-refractivity contribution < 1.29 is 17.6 Å². The molecule has 2 rings (SSSR count). The van der Waals surface area contributed by atoms with Gasteiger partial charge in [0.1, 0.15) is 5.82 Å². The minimum atomic E-state index is -3.75. The molecule has 1 amide bonds. The molecule has 0 spiro atoms. The lowest BCUT2D eigenvalue weighted by molar-refractivity contribution is -0.120. The summed E-state index contributed by atoms with van der Waals surface area (Å²) in [6, 6.07) is 3.63. The van der Waals surface area contributed by atoms with Gasteiger partial charge >= 0.3 is 0 Å². The number of nitrogens with zero attached hydrogens (tertiary/aromatic N) is 1. The van der Waals surface area contributed by atoms with Crippen molar-refractivity contribution in [3.05, 3.63) is 29.6 Å². The van der Waals surface area contributed by atoms with E-state index in [2.05, 4.69) is 5.32 Å². The van der Waals surface area contributed by atoms with Gasteiger partial charge in [0.25, 0.3) is 0 Å². The number of amides is 1. The zero-order chi connectivity index (χ0) is 14.0. The van der Waals surface area contributed by atoms with E-state index >= 15 is 0 Å². The van der Waals surface area contributed by atoms with Gasteiger partial charge < -0.3 is 5.32 Å². The van der Waals surface area contributed by atoms with Crippen LogP contribution in [-0.2, 0) is 14.8 Å². The monoisotopic (exact) mass is 286 g/mol. The molecule has 1 fully saturated rings. The number of rotatable bonds is 2. The molecule has 0 bridgehead atoms. The van der Waals surface area contributed by atoms with Gasteiger partial charge in [-0.3, -0.25) is 4.79 Å². The molecule has 1 heterocycles. The molecule has 7 heteroatoms. The zero-order valence-corrected chi connectivity index (χ0v) is 11.3. The summed E-state index contributed by atoms with van der Waals surface area (Å²) < 4.78 is 39.1. The number of hydrogen-bond acceptors (Lipinski definition) is 3. The molecule has 1 aromatic carbocycles. The lowest BCUT2D eigenvalue weighted by Gasteiger charge is -2.19. The smallest absolute Gasteiger partial charge is 0.243 e. The summed E-state index contributed by atoms with van der Waals surface area (Å²) in [4.78, 5) is 11.4. The predicted octanol–water partition coefficient (Wildman–Crippen LogP) is 0.645. The Labute approximate surface area is 111 Å². The van der Waals surface area contributed by atoms with Crippen molar-refractivity contribution in [3.8, 4) is 0 Å². The normalized spacial score (nSPS) is 17.9. The zero-order valence-electron chi connectivity index (χ0n) is 10.5. The van der Waals surface area contributed by atoms with E-state index in [0.717, 1.165) is 10.4 Å². The van der Waals surface area contributed by atoms with Crippen LogP contribution in [0.15, 0.2) is 23.1 Å². The highest BCUT2D eigenvalue weighted by Gasteiger charge is 2.28. The second-order valence-electron chi connectivity index (χ2n) is 4.45. The van der Waals surface area contributed by atoms with Gasteiger partial charge in [0.05, 0.1) is 11.4 Å². The van der Waals surface area contributed by atoms with Crippen molar-refractivity contribution in [2.24, 2.45) is 0 Å². The molecule has 0 atom stereocenters. The number of halogens is 1. The van der Waals surface area contributed by atoms with Crippen LogP contribution < -0.4 is 5.32 Å². The van der Waals surface area contributed by atoms with E-state index in [1.54, 1.807) is 0 Å². The maximum atomic E-state index is 13.2. The minimum absolute atomic E-state index is 0.0149. The third-order valence-corrected chi connectivity index (χ3v) is 4.83. The maximum Gasteiger partial charge on any atom is 0.243 e. The molecule has 1 N–H and O–H groups in total. The Bertz CT molecular complexity index is 601. The first-order valence-corrected chi connectivity index (χ1v) is 7.38. The highest BCUT2D eigenvalue weighted by atomic mass is 32.2. The molecule has 0 aromatic heterocycles. The first kappa shape index (κ1) is 14.0. The summed E-state index contributed by atoms with van der Waals surface area (Å²) in [5.74, 6) is -0.771. The molecule has 0 saturated carbocycles. The maximum absolute atomic E-state index is 13.2. The molecule has 19 heavy (non-hydrogen) atoms. The number of sulfonamides is 1. The number of aryl methyl sites for hydroxylation is 1. The Balaban J connectivity index is 2.35. The average molecular weight is 286 g/mol. The number of benzene rings is 1. The second-order valence-corrected chi connectivity index (χ2v) is 6.39. The molecule has 0 aliphatic carbocycles. The van der Waals surface area contributed by atoms with Crippen LogP contribution in [0.3, 0.4) is 0 Å². The van der Waals surface area contributed by atoms with Gasteiger partial charge in [0, 0.05) is 13.1 Å².